The summed E-state index contributed by atoms with van der Waals surface area (Å²) in [6.45, 7) is 0.326. The number of carbonyl (C=O) groups is 2. The monoisotopic (exact) mass is 363 g/mol. The van der Waals surface area contributed by atoms with E-state index in [9.17, 15) is 14.7 Å². The number of hydrogen-bond acceptors (Lipinski definition) is 4. The van der Waals surface area contributed by atoms with Gasteiger partial charge in [-0.2, -0.15) is 0 Å². The number of aliphatic carboxylic acids is 1. The van der Waals surface area contributed by atoms with Crippen LogP contribution >= 0.6 is 0 Å². The summed E-state index contributed by atoms with van der Waals surface area (Å²) in [4.78, 5) is 26.2. The molecular formula is C21H17NO5. The van der Waals surface area contributed by atoms with Crippen molar-refractivity contribution in [1.82, 2.24) is 0 Å². The lowest BCUT2D eigenvalue weighted by Gasteiger charge is -2.21. The second-order valence-electron chi connectivity index (χ2n) is 7.07. The Kier molecular flexibility index (Phi) is 3.39. The zero-order valence-electron chi connectivity index (χ0n) is 14.3. The van der Waals surface area contributed by atoms with E-state index in [0.29, 0.717) is 18.0 Å². The van der Waals surface area contributed by atoms with E-state index in [1.165, 1.54) is 0 Å². The number of hydrogen-bond donors (Lipinski definition) is 1. The standard InChI is InChI=1S/C21H17NO5/c23-19-18-17(20(24)25)16-10-11-21(18,27-16)12-22(19)13-6-8-15(9-7-13)26-14-4-2-1-3-5-14/h1-11,16-18H,12H2,(H,24,25)/t16-,17-,18+,21-/m0/s1. The number of nitrogens with zero attached hydrogens (tertiary/aromatic N) is 1. The Balaban J connectivity index is 1.39. The summed E-state index contributed by atoms with van der Waals surface area (Å²) in [6.07, 6.45) is 3.11. The molecule has 2 aromatic carbocycles. The van der Waals surface area contributed by atoms with Gasteiger partial charge >= 0.3 is 5.97 Å². The molecule has 0 saturated carbocycles. The van der Waals surface area contributed by atoms with Crippen LogP contribution in [0.4, 0.5) is 5.69 Å². The van der Waals surface area contributed by atoms with Crippen molar-refractivity contribution >= 4 is 17.6 Å². The van der Waals surface area contributed by atoms with Gasteiger partial charge in [-0.25, -0.2) is 0 Å². The van der Waals surface area contributed by atoms with Crippen molar-refractivity contribution in [2.24, 2.45) is 11.8 Å². The molecule has 1 spiro atoms. The van der Waals surface area contributed by atoms with Crippen LogP contribution in [0.1, 0.15) is 0 Å². The maximum Gasteiger partial charge on any atom is 0.310 e. The van der Waals surface area contributed by atoms with Gasteiger partial charge in [0.25, 0.3) is 0 Å². The fourth-order valence-corrected chi connectivity index (χ4v) is 4.32. The third-order valence-electron chi connectivity index (χ3n) is 5.51. The van der Waals surface area contributed by atoms with Crippen molar-refractivity contribution in [2.45, 2.75) is 11.7 Å². The number of ether oxygens (including phenoxy) is 2. The topological polar surface area (TPSA) is 76.1 Å². The number of anilines is 1. The van der Waals surface area contributed by atoms with Crippen molar-refractivity contribution in [1.29, 1.82) is 0 Å². The largest absolute Gasteiger partial charge is 0.481 e. The van der Waals surface area contributed by atoms with Crippen LogP contribution in [0.5, 0.6) is 11.5 Å². The fraction of sp³-hybridized carbons (Fsp3) is 0.238. The minimum atomic E-state index is -0.988. The molecule has 0 unspecified atom stereocenters. The van der Waals surface area contributed by atoms with Crippen LogP contribution in [-0.4, -0.2) is 35.2 Å². The molecule has 2 saturated heterocycles. The molecule has 136 valence electrons. The lowest BCUT2D eigenvalue weighted by molar-refractivity contribution is -0.146. The molecule has 4 atom stereocenters. The average molecular weight is 363 g/mol. The number of carboxylic acids is 1. The van der Waals surface area contributed by atoms with E-state index in [1.807, 2.05) is 36.4 Å². The van der Waals surface area contributed by atoms with Crippen molar-refractivity contribution in [3.63, 3.8) is 0 Å². The zero-order chi connectivity index (χ0) is 18.6. The van der Waals surface area contributed by atoms with Gasteiger partial charge in [-0.05, 0) is 36.4 Å². The first-order chi connectivity index (χ1) is 13.1. The zero-order valence-corrected chi connectivity index (χ0v) is 14.3. The minimum Gasteiger partial charge on any atom is -0.481 e. The Morgan fingerprint density at radius 2 is 1.81 bits per heavy atom. The van der Waals surface area contributed by atoms with Crippen LogP contribution in [0.25, 0.3) is 0 Å². The average Bonchev–Trinajstić information content (AvgIpc) is 3.31. The fourth-order valence-electron chi connectivity index (χ4n) is 4.32. The molecule has 5 rings (SSSR count). The van der Waals surface area contributed by atoms with Gasteiger partial charge in [0.15, 0.2) is 0 Å². The van der Waals surface area contributed by atoms with Gasteiger partial charge in [0, 0.05) is 5.69 Å². The molecule has 0 aromatic heterocycles. The number of carbonyl (C=O) groups excluding carboxylic acids is 1. The molecule has 27 heavy (non-hydrogen) atoms. The second kappa shape index (κ2) is 5.69. The van der Waals surface area contributed by atoms with E-state index < -0.39 is 29.5 Å². The number of para-hydroxylation sites is 1. The summed E-state index contributed by atoms with van der Waals surface area (Å²) in [5.41, 5.74) is -0.127. The normalized spacial score (nSPS) is 30.6. The van der Waals surface area contributed by atoms with Gasteiger partial charge in [-0.1, -0.05) is 30.4 Å². The van der Waals surface area contributed by atoms with E-state index >= 15 is 0 Å². The van der Waals surface area contributed by atoms with Crippen LogP contribution in [0, 0.1) is 11.8 Å². The summed E-state index contributed by atoms with van der Waals surface area (Å²) in [5.74, 6) is -1.30. The molecule has 1 amide bonds. The Hall–Kier alpha value is -3.12. The van der Waals surface area contributed by atoms with Crippen LogP contribution in [0.2, 0.25) is 0 Å². The van der Waals surface area contributed by atoms with Gasteiger partial charge in [0.1, 0.15) is 23.0 Å². The lowest BCUT2D eigenvalue weighted by Crippen LogP contribution is -2.39. The number of amides is 1. The highest BCUT2D eigenvalue weighted by molar-refractivity contribution is 6.02. The predicted octanol–water partition coefficient (Wildman–Crippen LogP) is 2.85. The van der Waals surface area contributed by atoms with E-state index in [-0.39, 0.29) is 5.91 Å². The van der Waals surface area contributed by atoms with Gasteiger partial charge in [0.2, 0.25) is 5.91 Å². The molecule has 0 aliphatic carbocycles. The van der Waals surface area contributed by atoms with E-state index in [0.717, 1.165) is 5.75 Å². The third kappa shape index (κ3) is 2.37. The third-order valence-corrected chi connectivity index (χ3v) is 5.51. The van der Waals surface area contributed by atoms with Gasteiger partial charge in [0.05, 0.1) is 18.6 Å². The molecule has 3 aliphatic heterocycles. The lowest BCUT2D eigenvalue weighted by atomic mass is 9.77. The maximum atomic E-state index is 13.0. The Morgan fingerprint density at radius 3 is 2.52 bits per heavy atom. The highest BCUT2D eigenvalue weighted by Gasteiger charge is 2.67. The number of benzene rings is 2. The smallest absolute Gasteiger partial charge is 0.310 e. The van der Waals surface area contributed by atoms with Crippen LogP contribution in [-0.2, 0) is 14.3 Å². The number of fused-ring (bicyclic) bond motifs is 1. The van der Waals surface area contributed by atoms with Crippen molar-refractivity contribution < 1.29 is 24.2 Å². The summed E-state index contributed by atoms with van der Waals surface area (Å²) >= 11 is 0. The molecule has 3 heterocycles. The van der Waals surface area contributed by atoms with Gasteiger partial charge in [-0.3, -0.25) is 9.59 Å². The van der Waals surface area contributed by atoms with Gasteiger partial charge in [-0.15, -0.1) is 0 Å². The molecule has 1 N–H and O–H groups in total. The van der Waals surface area contributed by atoms with Crippen molar-refractivity contribution in [3.8, 4) is 11.5 Å². The van der Waals surface area contributed by atoms with Gasteiger partial charge < -0.3 is 19.5 Å². The Bertz CT molecular complexity index is 939. The number of carboxylic acid groups (broad SMARTS) is 1. The molecule has 2 fully saturated rings. The summed E-state index contributed by atoms with van der Waals surface area (Å²) < 4.78 is 11.7. The summed E-state index contributed by atoms with van der Waals surface area (Å²) in [5, 5.41) is 9.53. The van der Waals surface area contributed by atoms with E-state index in [4.69, 9.17) is 9.47 Å². The second-order valence-corrected chi connectivity index (χ2v) is 7.07. The summed E-state index contributed by atoms with van der Waals surface area (Å²) in [6, 6.07) is 16.6. The van der Waals surface area contributed by atoms with Crippen LogP contribution in [0.3, 0.4) is 0 Å². The van der Waals surface area contributed by atoms with Crippen molar-refractivity contribution in [2.75, 3.05) is 11.4 Å². The van der Waals surface area contributed by atoms with E-state index in [1.54, 1.807) is 35.2 Å². The summed E-state index contributed by atoms with van der Waals surface area (Å²) in [7, 11) is 0. The molecule has 6 heteroatoms. The molecule has 0 radical (unpaired) electrons. The molecule has 2 aromatic rings. The first-order valence-corrected chi connectivity index (χ1v) is 8.82. The molecular weight excluding hydrogens is 346 g/mol. The Labute approximate surface area is 155 Å². The first-order valence-electron chi connectivity index (χ1n) is 8.82. The van der Waals surface area contributed by atoms with Crippen LogP contribution < -0.4 is 9.64 Å². The SMILES string of the molecule is O=C(O)[C@H]1[C@@H]2C=C[C@@]3(CN(c4ccc(Oc5ccccc5)cc4)C(=O)[C@@H]13)O2. The van der Waals surface area contributed by atoms with Crippen LogP contribution in [0.15, 0.2) is 66.7 Å². The quantitative estimate of drug-likeness (QED) is 0.846. The first kappa shape index (κ1) is 16.1. The Morgan fingerprint density at radius 1 is 1.11 bits per heavy atom. The minimum absolute atomic E-state index is 0.203. The highest BCUT2D eigenvalue weighted by Crippen LogP contribution is 2.52. The molecule has 2 bridgehead atoms. The van der Waals surface area contributed by atoms with E-state index in [2.05, 4.69) is 0 Å². The predicted molar refractivity (Wildman–Crippen MR) is 96.7 cm³/mol. The number of rotatable bonds is 4. The molecule has 3 aliphatic rings. The molecule has 6 nitrogen and oxygen atoms in total. The maximum absolute atomic E-state index is 13.0. The highest BCUT2D eigenvalue weighted by atomic mass is 16.5. The van der Waals surface area contributed by atoms with Crippen molar-refractivity contribution in [3.05, 3.63) is 66.7 Å².